The van der Waals surface area contributed by atoms with Crippen LogP contribution in [0.15, 0.2) is 84.0 Å². The van der Waals surface area contributed by atoms with Crippen LogP contribution in [-0.4, -0.2) is 8.41 Å². The molecule has 10 rings (SSSR count). The molecule has 0 spiro atoms. The van der Waals surface area contributed by atoms with Crippen LogP contribution >= 0.6 is 15.9 Å². The predicted octanol–water partition coefficient (Wildman–Crippen LogP) is 17.9. The van der Waals surface area contributed by atoms with Gasteiger partial charge in [-0.25, -0.2) is 0 Å². The van der Waals surface area contributed by atoms with Gasteiger partial charge < -0.3 is 0 Å². The summed E-state index contributed by atoms with van der Waals surface area (Å²) >= 11 is 12.2. The van der Waals surface area contributed by atoms with Crippen LogP contribution in [-0.2, 0) is 94.2 Å². The molecule has 6 saturated carbocycles. The predicted molar refractivity (Wildman–Crippen MR) is 378 cm³/mol. The van der Waals surface area contributed by atoms with Gasteiger partial charge in [-0.3, -0.25) is 0 Å². The van der Waals surface area contributed by atoms with E-state index in [9.17, 15) is 0 Å². The van der Waals surface area contributed by atoms with E-state index in [1.807, 2.05) is 71.8 Å². The zero-order valence-corrected chi connectivity index (χ0v) is 60.3. The summed E-state index contributed by atoms with van der Waals surface area (Å²) in [6, 6.07) is 19.7. The van der Waals surface area contributed by atoms with Crippen molar-refractivity contribution >= 4 is 100 Å². The van der Waals surface area contributed by atoms with Crippen LogP contribution in [0.3, 0.4) is 0 Å². The molecule has 440 valence electrons. The van der Waals surface area contributed by atoms with E-state index in [1.54, 1.807) is 35.5 Å². The first kappa shape index (κ1) is 71.9. The van der Waals surface area contributed by atoms with Crippen LogP contribution in [0.1, 0.15) is 195 Å². The van der Waals surface area contributed by atoms with E-state index in [1.165, 1.54) is 133 Å². The maximum absolute atomic E-state index is 5.56. The van der Waals surface area contributed by atoms with Crippen LogP contribution in [0, 0.1) is 163 Å². The molecule has 2 aromatic rings. The smallest absolute Gasteiger partial charge is 0.0255 e. The number of hydrogen-bond acceptors (Lipinski definition) is 2. The molecule has 0 nitrogen and oxygen atoms in total. The Morgan fingerprint density at radius 1 is 0.554 bits per heavy atom. The van der Waals surface area contributed by atoms with Gasteiger partial charge >= 0.3 is 0 Å². The Labute approximate surface area is 554 Å². The van der Waals surface area contributed by atoms with Gasteiger partial charge in [0.05, 0.1) is 0 Å². The van der Waals surface area contributed by atoms with Crippen molar-refractivity contribution in [2.24, 2.45) is 92.7 Å². The molecule has 11 heteroatoms. The Balaban J connectivity index is 0.000000233. The standard InChI is InChI=1S/C36H44.C26H40.C10H5Br.B.S8.V/c1-27-22-24-35(3)30(26-27)18-19-31-33-21-20-32(36(33,4)25-23-34(31)35)28(2)14-10-7-5-6-8-11-15-29-16-12-9-13-17-29;1-6-7-8-19(3)22-11-12-23-21-10-9-20-17-18(2)13-15-25(20,4)24(21)14-16-26(22,23)5;11-9-5-4-8-10-6-2-1-3-7-10;;1-3-5-7-8-6-4-2;/h9,12-13,16-18,27-28,31-34H,10,14,19-26H2,1-4H3;1,9,18-19,21-24H,7-8,10-17H2,2-5H3;1-3,6-7H;;;/t27-,28+,31-,32+,33-,34-,35-,36+;18-,19+,21-,22+,23-,24-,25-,26+;;;;/m00..../s1. The molecular formula is C72H89BBrS8V. The molecule has 8 aliphatic carbocycles. The van der Waals surface area contributed by atoms with Gasteiger partial charge in [-0.15, -0.1) is 12.3 Å². The third-order valence-corrected chi connectivity index (χ3v) is 33.5. The number of benzene rings is 2. The first-order valence-electron chi connectivity index (χ1n) is 30.4. The van der Waals surface area contributed by atoms with Gasteiger partial charge in [-0.05, 0) is 273 Å². The van der Waals surface area contributed by atoms with Crippen molar-refractivity contribution < 1.29 is 18.6 Å². The summed E-state index contributed by atoms with van der Waals surface area (Å²) in [4.78, 5) is 2.53. The van der Waals surface area contributed by atoms with Crippen molar-refractivity contribution in [1.82, 2.24) is 0 Å². The van der Waals surface area contributed by atoms with E-state index < -0.39 is 0 Å². The molecule has 16 atom stereocenters. The maximum atomic E-state index is 5.56. The molecule has 83 heavy (non-hydrogen) atoms. The van der Waals surface area contributed by atoms with E-state index in [2.05, 4.69) is 170 Å². The SMILES string of the molecule is BrC#CC#Cc1ccccc1.C#CCC[C@@H](C)[C@H]1CC[C@H]2[C@@H]3CC=C4C[C@@H](C)CC[C@]4(C)[C@H]3CC[C@]12C.C[C@H]1CC[C@@]2(C)C(=CC[C@H]3[C@@H]4CC[C@H]([C@H](C)CCC#CC#CC#Cc5ccccc5)[C@@]4(C)CC[C@@H]32)C1.S=S=S=S=S=S=S=S.[B].[V]. The molecule has 0 N–H and O–H groups in total. The summed E-state index contributed by atoms with van der Waals surface area (Å²) in [6.07, 6.45) is 38.3. The van der Waals surface area contributed by atoms with Crippen LogP contribution in [0.5, 0.6) is 0 Å². The fraction of sp³-hybridized carbons (Fsp3) is 0.611. The van der Waals surface area contributed by atoms with Crippen molar-refractivity contribution in [2.45, 2.75) is 184 Å². The molecule has 4 radical (unpaired) electrons. The third-order valence-electron chi connectivity index (χ3n) is 22.2. The van der Waals surface area contributed by atoms with Gasteiger partial charge in [-0.2, -0.15) is 0 Å². The van der Waals surface area contributed by atoms with E-state index >= 15 is 0 Å². The zero-order valence-electron chi connectivity index (χ0n) is 50.7. The summed E-state index contributed by atoms with van der Waals surface area (Å²) < 4.78 is 0. The normalized spacial score (nSPS) is 32.9. The molecular weight excluding hydrogens is 1260 g/mol. The van der Waals surface area contributed by atoms with Crippen molar-refractivity contribution in [2.75, 3.05) is 0 Å². The van der Waals surface area contributed by atoms with E-state index in [0.29, 0.717) is 21.7 Å². The van der Waals surface area contributed by atoms with Gasteiger partial charge in [0.1, 0.15) is 0 Å². The average molecular weight is 1350 g/mol. The van der Waals surface area contributed by atoms with E-state index in [0.717, 1.165) is 95.0 Å². The number of rotatable bonds is 6. The van der Waals surface area contributed by atoms with Gasteiger partial charge in [-0.1, -0.05) is 133 Å². The first-order chi connectivity index (χ1) is 39.2. The molecule has 0 heterocycles. The van der Waals surface area contributed by atoms with Crippen LogP contribution < -0.4 is 0 Å². The maximum Gasteiger partial charge on any atom is 0.0255 e. The largest absolute Gasteiger partial charge is 0.120 e. The summed E-state index contributed by atoms with van der Waals surface area (Å²) in [7, 11) is 9.12. The van der Waals surface area contributed by atoms with E-state index in [4.69, 9.17) is 6.42 Å². The monoisotopic (exact) mass is 1350 g/mol. The number of fused-ring (bicyclic) bond motifs is 10. The van der Waals surface area contributed by atoms with Crippen molar-refractivity contribution in [3.05, 3.63) is 95.1 Å². The van der Waals surface area contributed by atoms with Gasteiger partial charge in [0.25, 0.3) is 0 Å². The number of hydrogen-bond donors (Lipinski definition) is 0. The summed E-state index contributed by atoms with van der Waals surface area (Å²) in [5.41, 5.74) is 7.82. The van der Waals surface area contributed by atoms with Gasteiger partial charge in [0.15, 0.2) is 0 Å². The van der Waals surface area contributed by atoms with Gasteiger partial charge in [0, 0.05) is 143 Å². The average Bonchev–Trinajstić information content (AvgIpc) is 2.05. The minimum absolute atomic E-state index is 0. The summed E-state index contributed by atoms with van der Waals surface area (Å²) in [6.45, 7) is 20.6. The Bertz CT molecular complexity index is 3170. The van der Waals surface area contributed by atoms with Crippen molar-refractivity contribution in [1.29, 1.82) is 0 Å². The van der Waals surface area contributed by atoms with Crippen LogP contribution in [0.25, 0.3) is 0 Å². The Morgan fingerprint density at radius 3 is 1.42 bits per heavy atom. The molecule has 0 saturated heterocycles. The molecule has 8 aliphatic rings. The molecule has 6 fully saturated rings. The van der Waals surface area contributed by atoms with Crippen molar-refractivity contribution in [3.63, 3.8) is 0 Å². The topological polar surface area (TPSA) is 0 Å². The third kappa shape index (κ3) is 18.4. The quantitative estimate of drug-likeness (QED) is 0.161. The zero-order chi connectivity index (χ0) is 57.9. The molecule has 0 amide bonds. The summed E-state index contributed by atoms with van der Waals surface area (Å²) in [5, 5.41) is 0. The van der Waals surface area contributed by atoms with E-state index in [-0.39, 0.29) is 27.0 Å². The minimum Gasteiger partial charge on any atom is -0.120 e. The molecule has 0 unspecified atom stereocenters. The second-order valence-electron chi connectivity index (χ2n) is 26.3. The van der Waals surface area contributed by atoms with Crippen molar-refractivity contribution in [3.8, 4) is 70.5 Å². The summed E-state index contributed by atoms with van der Waals surface area (Å²) in [5.74, 6) is 40.0. The Kier molecular flexibility index (Phi) is 30.7. The Morgan fingerprint density at radius 2 is 0.988 bits per heavy atom. The molecule has 2 aromatic carbocycles. The number of allylic oxidation sites excluding steroid dienone is 4. The molecule has 0 aliphatic heterocycles. The second kappa shape index (κ2) is 35.4. The minimum atomic E-state index is 0. The first-order valence-corrected chi connectivity index (χ1v) is 40.6. The molecule has 0 bridgehead atoms. The Hall–Kier alpha value is -1.83. The number of terminal acetylenes is 1. The number of halogens is 1. The van der Waals surface area contributed by atoms with Crippen LogP contribution in [0.4, 0.5) is 0 Å². The fourth-order valence-electron chi connectivity index (χ4n) is 18.1. The molecule has 0 aromatic heterocycles. The fourth-order valence-corrected chi connectivity index (χ4v) is 29.2. The van der Waals surface area contributed by atoms with Gasteiger partial charge in [0.2, 0.25) is 0 Å². The second-order valence-corrected chi connectivity index (χ2v) is 37.3. The van der Waals surface area contributed by atoms with Crippen LogP contribution in [0.2, 0.25) is 0 Å².